The number of aromatic nitrogens is 1. The van der Waals surface area contributed by atoms with Crippen LogP contribution in [0.1, 0.15) is 5.56 Å². The van der Waals surface area contributed by atoms with Gasteiger partial charge in [-0.1, -0.05) is 0 Å². The minimum atomic E-state index is -0.486. The fraction of sp³-hybridized carbons (Fsp3) is 0.0769. The van der Waals surface area contributed by atoms with E-state index in [1.165, 1.54) is 31.5 Å². The molecule has 0 amide bonds. The Morgan fingerprint density at radius 1 is 1.42 bits per heavy atom. The van der Waals surface area contributed by atoms with Crippen LogP contribution < -0.4 is 15.8 Å². The molecule has 6 heteroatoms. The van der Waals surface area contributed by atoms with Crippen molar-refractivity contribution in [1.29, 1.82) is 5.26 Å². The fourth-order valence-corrected chi connectivity index (χ4v) is 1.53. The summed E-state index contributed by atoms with van der Waals surface area (Å²) < 4.78 is 18.3. The minimum Gasteiger partial charge on any atom is -0.494 e. The Hall–Kier alpha value is -2.81. The van der Waals surface area contributed by atoms with Gasteiger partial charge in [0, 0.05) is 18.0 Å². The number of halogens is 1. The maximum atomic E-state index is 13.5. The van der Waals surface area contributed by atoms with Crippen molar-refractivity contribution >= 4 is 17.2 Å². The average Bonchev–Trinajstić information content (AvgIpc) is 2.41. The number of ether oxygens (including phenoxy) is 1. The summed E-state index contributed by atoms with van der Waals surface area (Å²) in [6.45, 7) is 0. The van der Waals surface area contributed by atoms with E-state index in [-0.39, 0.29) is 5.75 Å². The first-order chi connectivity index (χ1) is 9.13. The number of hydrogen-bond donors (Lipinski definition) is 2. The lowest BCUT2D eigenvalue weighted by atomic mass is 10.2. The van der Waals surface area contributed by atoms with Gasteiger partial charge in [-0.2, -0.15) is 5.26 Å². The van der Waals surface area contributed by atoms with E-state index >= 15 is 0 Å². The molecule has 1 heterocycles. The SMILES string of the molecule is COc1ccc(Nc2ncc(C#N)cc2N)cc1F. The number of nitriles is 1. The Bertz CT molecular complexity index is 652. The highest BCUT2D eigenvalue weighted by molar-refractivity contribution is 5.69. The van der Waals surface area contributed by atoms with Crippen molar-refractivity contribution < 1.29 is 9.13 Å². The van der Waals surface area contributed by atoms with Crippen LogP contribution in [0.15, 0.2) is 30.5 Å². The molecule has 0 radical (unpaired) electrons. The van der Waals surface area contributed by atoms with Gasteiger partial charge >= 0.3 is 0 Å². The third kappa shape index (κ3) is 2.72. The molecular formula is C13H11FN4O. The molecule has 0 aliphatic rings. The highest BCUT2D eigenvalue weighted by Crippen LogP contribution is 2.25. The molecule has 1 aromatic carbocycles. The van der Waals surface area contributed by atoms with Crippen molar-refractivity contribution in [3.8, 4) is 11.8 Å². The summed E-state index contributed by atoms with van der Waals surface area (Å²) in [5.41, 5.74) is 6.91. The van der Waals surface area contributed by atoms with Crippen molar-refractivity contribution in [2.24, 2.45) is 0 Å². The highest BCUT2D eigenvalue weighted by atomic mass is 19.1. The molecule has 0 fully saturated rings. The van der Waals surface area contributed by atoms with E-state index in [2.05, 4.69) is 10.3 Å². The molecule has 1 aromatic heterocycles. The maximum absolute atomic E-state index is 13.5. The van der Waals surface area contributed by atoms with Crippen molar-refractivity contribution in [3.63, 3.8) is 0 Å². The van der Waals surface area contributed by atoms with Crippen molar-refractivity contribution in [1.82, 2.24) is 4.98 Å². The molecule has 2 rings (SSSR count). The second-order valence-corrected chi connectivity index (χ2v) is 3.75. The van der Waals surface area contributed by atoms with E-state index in [1.807, 2.05) is 6.07 Å². The first kappa shape index (κ1) is 12.6. The van der Waals surface area contributed by atoms with Gasteiger partial charge in [-0.3, -0.25) is 0 Å². The van der Waals surface area contributed by atoms with Crippen LogP contribution in [-0.4, -0.2) is 12.1 Å². The summed E-state index contributed by atoms with van der Waals surface area (Å²) in [7, 11) is 1.39. The molecule has 0 saturated carbocycles. The zero-order valence-corrected chi connectivity index (χ0v) is 10.1. The third-order valence-corrected chi connectivity index (χ3v) is 2.46. The van der Waals surface area contributed by atoms with Crippen LogP contribution in [0.3, 0.4) is 0 Å². The Morgan fingerprint density at radius 2 is 2.21 bits per heavy atom. The van der Waals surface area contributed by atoms with Gasteiger partial charge in [0.2, 0.25) is 0 Å². The van der Waals surface area contributed by atoms with Gasteiger partial charge in [0.05, 0.1) is 18.4 Å². The standard InChI is InChI=1S/C13H11FN4O/c1-19-12-3-2-9(5-10(12)14)18-13-11(16)4-8(6-15)7-17-13/h2-5,7H,16H2,1H3,(H,17,18). The number of hydrogen-bond acceptors (Lipinski definition) is 5. The molecule has 0 spiro atoms. The topological polar surface area (TPSA) is 84.0 Å². The predicted octanol–water partition coefficient (Wildman–Crippen LogP) is 2.43. The van der Waals surface area contributed by atoms with Gasteiger partial charge in [-0.05, 0) is 18.2 Å². The number of nitrogens with one attached hydrogen (secondary N) is 1. The van der Waals surface area contributed by atoms with Gasteiger partial charge in [-0.25, -0.2) is 9.37 Å². The molecule has 0 bridgehead atoms. The summed E-state index contributed by atoms with van der Waals surface area (Å²) in [5, 5.41) is 11.6. The van der Waals surface area contributed by atoms with Crippen LogP contribution in [0, 0.1) is 17.1 Å². The van der Waals surface area contributed by atoms with Gasteiger partial charge in [0.25, 0.3) is 0 Å². The first-order valence-corrected chi connectivity index (χ1v) is 5.40. The van der Waals surface area contributed by atoms with Crippen LogP contribution in [0.2, 0.25) is 0 Å². The molecule has 0 saturated heterocycles. The lowest BCUT2D eigenvalue weighted by Gasteiger charge is -2.09. The first-order valence-electron chi connectivity index (χ1n) is 5.40. The second-order valence-electron chi connectivity index (χ2n) is 3.75. The molecule has 0 unspecified atom stereocenters. The van der Waals surface area contributed by atoms with E-state index in [0.717, 1.165) is 0 Å². The molecule has 5 nitrogen and oxygen atoms in total. The van der Waals surface area contributed by atoms with Crippen LogP contribution >= 0.6 is 0 Å². The van der Waals surface area contributed by atoms with E-state index < -0.39 is 5.82 Å². The highest BCUT2D eigenvalue weighted by Gasteiger charge is 2.06. The van der Waals surface area contributed by atoms with Gasteiger partial charge in [0.15, 0.2) is 17.4 Å². The van der Waals surface area contributed by atoms with E-state index in [9.17, 15) is 4.39 Å². The van der Waals surface area contributed by atoms with E-state index in [0.29, 0.717) is 22.8 Å². The number of rotatable bonds is 3. The van der Waals surface area contributed by atoms with Crippen LogP contribution in [0.25, 0.3) is 0 Å². The number of anilines is 3. The lowest BCUT2D eigenvalue weighted by Crippen LogP contribution is -2.00. The monoisotopic (exact) mass is 258 g/mol. The molecule has 2 aromatic rings. The Labute approximate surface area is 109 Å². The van der Waals surface area contributed by atoms with Gasteiger partial charge < -0.3 is 15.8 Å². The smallest absolute Gasteiger partial charge is 0.167 e. The summed E-state index contributed by atoms with van der Waals surface area (Å²) in [5.74, 6) is 0.0367. The average molecular weight is 258 g/mol. The molecule has 96 valence electrons. The van der Waals surface area contributed by atoms with Crippen molar-refractivity contribution in [3.05, 3.63) is 41.8 Å². The number of benzene rings is 1. The quantitative estimate of drug-likeness (QED) is 0.883. The lowest BCUT2D eigenvalue weighted by molar-refractivity contribution is 0.386. The normalized spacial score (nSPS) is 9.74. The van der Waals surface area contributed by atoms with Crippen LogP contribution in [0.4, 0.5) is 21.6 Å². The number of nitrogens with two attached hydrogens (primary N) is 1. The van der Waals surface area contributed by atoms with Gasteiger partial charge in [0.1, 0.15) is 6.07 Å². The van der Waals surface area contributed by atoms with Crippen molar-refractivity contribution in [2.75, 3.05) is 18.2 Å². The van der Waals surface area contributed by atoms with Crippen LogP contribution in [-0.2, 0) is 0 Å². The Kier molecular flexibility index (Phi) is 3.48. The third-order valence-electron chi connectivity index (χ3n) is 2.46. The number of methoxy groups -OCH3 is 1. The fourth-order valence-electron chi connectivity index (χ4n) is 1.53. The largest absolute Gasteiger partial charge is 0.494 e. The number of nitrogen functional groups attached to an aromatic ring is 1. The number of nitrogens with zero attached hydrogens (tertiary/aromatic N) is 2. The van der Waals surface area contributed by atoms with E-state index in [1.54, 1.807) is 6.07 Å². The molecule has 0 aliphatic carbocycles. The predicted molar refractivity (Wildman–Crippen MR) is 69.6 cm³/mol. The molecule has 0 atom stereocenters. The Balaban J connectivity index is 2.26. The van der Waals surface area contributed by atoms with Gasteiger partial charge in [-0.15, -0.1) is 0 Å². The molecule has 0 aliphatic heterocycles. The summed E-state index contributed by atoms with van der Waals surface area (Å²) >= 11 is 0. The van der Waals surface area contributed by atoms with Crippen molar-refractivity contribution in [2.45, 2.75) is 0 Å². The zero-order chi connectivity index (χ0) is 13.8. The molecule has 3 N–H and O–H groups in total. The zero-order valence-electron chi connectivity index (χ0n) is 10.1. The number of pyridine rings is 1. The minimum absolute atomic E-state index is 0.159. The summed E-state index contributed by atoms with van der Waals surface area (Å²) in [6, 6.07) is 7.85. The summed E-state index contributed by atoms with van der Waals surface area (Å²) in [6.07, 6.45) is 1.39. The van der Waals surface area contributed by atoms with E-state index in [4.69, 9.17) is 15.7 Å². The molecule has 19 heavy (non-hydrogen) atoms. The molecular weight excluding hydrogens is 247 g/mol. The second kappa shape index (κ2) is 5.23. The Morgan fingerprint density at radius 3 is 2.79 bits per heavy atom. The summed E-state index contributed by atoms with van der Waals surface area (Å²) in [4.78, 5) is 4.00. The maximum Gasteiger partial charge on any atom is 0.167 e. The van der Waals surface area contributed by atoms with Crippen LogP contribution in [0.5, 0.6) is 5.75 Å².